The first-order valence-electron chi connectivity index (χ1n) is 2.92. The smallest absolute Gasteiger partial charge is 0.282 e. The maximum atomic E-state index is 12.7. The Bertz CT molecular complexity index is 309. The van der Waals surface area contributed by atoms with E-state index in [0.717, 1.165) is 0 Å². The highest BCUT2D eigenvalue weighted by molar-refractivity contribution is 7.89. The largest absolute Gasteiger partial charge is 0.338 e. The molecular formula is C5H5Cl2FN2OS. The van der Waals surface area contributed by atoms with Crippen molar-refractivity contribution in [2.45, 2.75) is 15.9 Å². The quantitative estimate of drug-likeness (QED) is 0.790. The standard InChI is InChI=1S/C5H5Cl2FN2OS/c1-3-2-4(10-9-3)12(11)5(6,7)8/h2H,1H3,(H,9,10). The molecule has 1 unspecified atom stereocenters. The molecule has 1 aromatic heterocycles. The molecule has 1 heterocycles. The lowest BCUT2D eigenvalue weighted by Crippen LogP contribution is -2.13. The fourth-order valence-corrected chi connectivity index (χ4v) is 1.73. The lowest BCUT2D eigenvalue weighted by Gasteiger charge is -2.04. The number of nitrogens with zero attached hydrogens (tertiary/aromatic N) is 1. The van der Waals surface area contributed by atoms with Gasteiger partial charge in [0.25, 0.3) is 0 Å². The maximum absolute atomic E-state index is 12.7. The van der Waals surface area contributed by atoms with Crippen molar-refractivity contribution in [2.24, 2.45) is 0 Å². The molecule has 3 nitrogen and oxygen atoms in total. The van der Waals surface area contributed by atoms with Crippen molar-refractivity contribution in [3.63, 3.8) is 0 Å². The Hall–Kier alpha value is -0.130. The predicted molar refractivity (Wildman–Crippen MR) is 45.3 cm³/mol. The van der Waals surface area contributed by atoms with Crippen LogP contribution < -0.4 is 0 Å². The molecule has 0 saturated heterocycles. The number of rotatable bonds is 2. The van der Waals surface area contributed by atoms with Crippen LogP contribution in [0.1, 0.15) is 5.69 Å². The fraction of sp³-hybridized carbons (Fsp3) is 0.400. The molecule has 0 bridgehead atoms. The van der Waals surface area contributed by atoms with E-state index in [2.05, 4.69) is 10.2 Å². The minimum atomic E-state index is -2.79. The Kier molecular flexibility index (Phi) is 2.75. The fourth-order valence-electron chi connectivity index (χ4n) is 0.607. The van der Waals surface area contributed by atoms with Crippen LogP contribution in [0.5, 0.6) is 0 Å². The Morgan fingerprint density at radius 1 is 1.75 bits per heavy atom. The summed E-state index contributed by atoms with van der Waals surface area (Å²) in [6.07, 6.45) is 0. The van der Waals surface area contributed by atoms with Gasteiger partial charge < -0.3 is 0 Å². The molecule has 0 saturated carbocycles. The molecule has 0 amide bonds. The van der Waals surface area contributed by atoms with Crippen LogP contribution in [0.2, 0.25) is 0 Å². The number of hydrogen-bond donors (Lipinski definition) is 1. The second-order valence-electron chi connectivity index (χ2n) is 2.10. The molecule has 0 aliphatic rings. The first kappa shape index (κ1) is 9.95. The van der Waals surface area contributed by atoms with Crippen molar-refractivity contribution < 1.29 is 8.60 Å². The van der Waals surface area contributed by atoms with Gasteiger partial charge in [-0.25, -0.2) is 4.21 Å². The molecule has 0 aromatic carbocycles. The predicted octanol–water partition coefficient (Wildman–Crippen LogP) is 1.88. The molecule has 68 valence electrons. The summed E-state index contributed by atoms with van der Waals surface area (Å²) in [7, 11) is -2.16. The summed E-state index contributed by atoms with van der Waals surface area (Å²) in [6.45, 7) is 1.69. The molecule has 0 spiro atoms. The summed E-state index contributed by atoms with van der Waals surface area (Å²) in [4.78, 5) is 0. The summed E-state index contributed by atoms with van der Waals surface area (Å²) in [5.74, 6) is 0. The van der Waals surface area contributed by atoms with Crippen LogP contribution in [0.4, 0.5) is 4.39 Å². The second-order valence-corrected chi connectivity index (χ2v) is 5.31. The van der Waals surface area contributed by atoms with Gasteiger partial charge in [0.05, 0.1) is 0 Å². The average Bonchev–Trinajstić information content (AvgIpc) is 2.32. The zero-order chi connectivity index (χ0) is 9.35. The lowest BCUT2D eigenvalue weighted by molar-refractivity contribution is 0.496. The number of H-pyrrole nitrogens is 1. The van der Waals surface area contributed by atoms with Crippen molar-refractivity contribution >= 4 is 34.0 Å². The van der Waals surface area contributed by atoms with Crippen molar-refractivity contribution in [3.05, 3.63) is 11.8 Å². The summed E-state index contributed by atoms with van der Waals surface area (Å²) in [6, 6.07) is 1.41. The van der Waals surface area contributed by atoms with Crippen LogP contribution in [-0.4, -0.2) is 18.3 Å². The molecule has 1 aromatic rings. The molecule has 0 aliphatic heterocycles. The summed E-state index contributed by atoms with van der Waals surface area (Å²) in [5.41, 5.74) is 0.663. The summed E-state index contributed by atoms with van der Waals surface area (Å²) in [5, 5.41) is 6.04. The van der Waals surface area contributed by atoms with Crippen LogP contribution in [0.15, 0.2) is 11.1 Å². The number of nitrogens with one attached hydrogen (secondary N) is 1. The third kappa shape index (κ3) is 2.18. The highest BCUT2D eigenvalue weighted by Gasteiger charge is 2.34. The van der Waals surface area contributed by atoms with E-state index in [4.69, 9.17) is 23.2 Å². The van der Waals surface area contributed by atoms with Crippen molar-refractivity contribution in [1.29, 1.82) is 0 Å². The van der Waals surface area contributed by atoms with Gasteiger partial charge in [-0.05, 0) is 13.0 Å². The first-order chi connectivity index (χ1) is 5.41. The van der Waals surface area contributed by atoms with Crippen LogP contribution in [0.3, 0.4) is 0 Å². The van der Waals surface area contributed by atoms with Gasteiger partial charge in [-0.15, -0.1) is 0 Å². The third-order valence-electron chi connectivity index (χ3n) is 1.08. The minimum Gasteiger partial charge on any atom is -0.282 e. The van der Waals surface area contributed by atoms with Crippen LogP contribution in [-0.2, 0) is 10.8 Å². The molecule has 0 fully saturated rings. The normalized spacial score (nSPS) is 14.7. The molecule has 12 heavy (non-hydrogen) atoms. The van der Waals surface area contributed by atoms with E-state index in [1.165, 1.54) is 6.07 Å². The molecular weight excluding hydrogens is 226 g/mol. The lowest BCUT2D eigenvalue weighted by atomic mass is 10.5. The Morgan fingerprint density at radius 2 is 2.33 bits per heavy atom. The van der Waals surface area contributed by atoms with E-state index in [1.54, 1.807) is 6.92 Å². The van der Waals surface area contributed by atoms with Gasteiger partial charge in [0.1, 0.15) is 10.8 Å². The number of aromatic nitrogens is 2. The Labute approximate surface area is 80.7 Å². The molecule has 1 rings (SSSR count). The molecule has 7 heteroatoms. The third-order valence-corrected chi connectivity index (χ3v) is 2.93. The maximum Gasteiger partial charge on any atom is 0.338 e. The van der Waals surface area contributed by atoms with E-state index in [1.807, 2.05) is 0 Å². The number of halogens is 3. The molecule has 1 N–H and O–H groups in total. The minimum absolute atomic E-state index is 0.000000000000000444. The van der Waals surface area contributed by atoms with Crippen molar-refractivity contribution in [3.8, 4) is 0 Å². The highest BCUT2D eigenvalue weighted by atomic mass is 35.5. The van der Waals surface area contributed by atoms with Crippen LogP contribution in [0.25, 0.3) is 0 Å². The van der Waals surface area contributed by atoms with Gasteiger partial charge >= 0.3 is 3.92 Å². The van der Waals surface area contributed by atoms with E-state index in [9.17, 15) is 8.60 Å². The van der Waals surface area contributed by atoms with Crippen LogP contribution in [0, 0.1) is 6.92 Å². The monoisotopic (exact) mass is 230 g/mol. The second kappa shape index (κ2) is 3.32. The van der Waals surface area contributed by atoms with Gasteiger partial charge in [-0.2, -0.15) is 9.49 Å². The zero-order valence-electron chi connectivity index (χ0n) is 5.97. The van der Waals surface area contributed by atoms with Crippen LogP contribution >= 0.6 is 23.2 Å². The van der Waals surface area contributed by atoms with Crippen molar-refractivity contribution in [2.75, 3.05) is 0 Å². The highest BCUT2D eigenvalue weighted by Crippen LogP contribution is 2.30. The molecule has 0 aliphatic carbocycles. The molecule has 1 atom stereocenters. The van der Waals surface area contributed by atoms with E-state index >= 15 is 0 Å². The Balaban J connectivity index is 2.93. The average molecular weight is 231 g/mol. The zero-order valence-corrected chi connectivity index (χ0v) is 8.30. The first-order valence-corrected chi connectivity index (χ1v) is 4.82. The number of hydrogen-bond acceptors (Lipinski definition) is 2. The molecule has 0 radical (unpaired) electrons. The van der Waals surface area contributed by atoms with Gasteiger partial charge in [0.15, 0.2) is 5.03 Å². The van der Waals surface area contributed by atoms with Gasteiger partial charge in [-0.3, -0.25) is 5.10 Å². The Morgan fingerprint density at radius 3 is 2.67 bits per heavy atom. The SMILES string of the molecule is Cc1cc(S(=O)C(F)(Cl)Cl)n[nH]1. The number of alkyl halides is 3. The van der Waals surface area contributed by atoms with E-state index < -0.39 is 14.7 Å². The van der Waals surface area contributed by atoms with Gasteiger partial charge in [0, 0.05) is 5.69 Å². The van der Waals surface area contributed by atoms with Crippen molar-refractivity contribution in [1.82, 2.24) is 10.2 Å². The van der Waals surface area contributed by atoms with Gasteiger partial charge in [-0.1, -0.05) is 23.2 Å². The van der Waals surface area contributed by atoms with E-state index in [-0.39, 0.29) is 5.03 Å². The van der Waals surface area contributed by atoms with Gasteiger partial charge in [0.2, 0.25) is 0 Å². The van der Waals surface area contributed by atoms with E-state index in [0.29, 0.717) is 5.69 Å². The number of aryl methyl sites for hydroxylation is 1. The topological polar surface area (TPSA) is 45.8 Å². The summed E-state index contributed by atoms with van der Waals surface area (Å²) < 4.78 is 20.9. The summed E-state index contributed by atoms with van der Waals surface area (Å²) >= 11 is 9.94. The number of aromatic amines is 1.